The molecule has 5 heteroatoms. The molecule has 0 bridgehead atoms. The van der Waals surface area contributed by atoms with Gasteiger partial charge in [-0.05, 0) is 41.8 Å². The topological polar surface area (TPSA) is 82.3 Å². The number of allylic oxidation sites excluding steroid dienone is 3. The van der Waals surface area contributed by atoms with Crippen LogP contribution in [-0.2, 0) is 0 Å². The number of para-hydroxylation sites is 1. The lowest BCUT2D eigenvalue weighted by Gasteiger charge is -2.06. The van der Waals surface area contributed by atoms with Crippen molar-refractivity contribution >= 4 is 27.7 Å². The van der Waals surface area contributed by atoms with E-state index >= 15 is 0 Å². The number of benzene rings is 4. The Labute approximate surface area is 213 Å². The average molecular weight is 478 g/mol. The van der Waals surface area contributed by atoms with Crippen molar-refractivity contribution in [2.45, 2.75) is 6.92 Å². The Bertz CT molecular complexity index is 1890. The quantitative estimate of drug-likeness (QED) is 0.247. The zero-order valence-corrected chi connectivity index (χ0v) is 19.9. The SMILES string of the molecule is C=C(C#N)N=C1/C(=C(\C)C#N)Oc2ccc(-c3cccc4oc5c(-c6ccccc6)cccc5c34)cc21. The van der Waals surface area contributed by atoms with Crippen molar-refractivity contribution in [2.75, 3.05) is 0 Å². The van der Waals surface area contributed by atoms with Crippen molar-refractivity contribution in [3.63, 3.8) is 0 Å². The summed E-state index contributed by atoms with van der Waals surface area (Å²) >= 11 is 0. The van der Waals surface area contributed by atoms with Crippen LogP contribution in [0.4, 0.5) is 0 Å². The zero-order valence-electron chi connectivity index (χ0n) is 19.9. The van der Waals surface area contributed by atoms with E-state index in [1.54, 1.807) is 6.92 Å². The molecule has 0 unspecified atom stereocenters. The van der Waals surface area contributed by atoms with E-state index in [0.717, 1.165) is 44.2 Å². The maximum Gasteiger partial charge on any atom is 0.167 e. The highest BCUT2D eigenvalue weighted by atomic mass is 16.5. The highest BCUT2D eigenvalue weighted by molar-refractivity contribution is 6.19. The molecule has 0 saturated heterocycles. The van der Waals surface area contributed by atoms with E-state index in [-0.39, 0.29) is 5.70 Å². The number of nitriles is 2. The van der Waals surface area contributed by atoms with Gasteiger partial charge in [-0.25, -0.2) is 4.99 Å². The summed E-state index contributed by atoms with van der Waals surface area (Å²) in [6.07, 6.45) is 0. The molecule has 0 amide bonds. The Morgan fingerprint density at radius 1 is 0.811 bits per heavy atom. The van der Waals surface area contributed by atoms with Crippen LogP contribution in [0.15, 0.2) is 118 Å². The van der Waals surface area contributed by atoms with Gasteiger partial charge in [-0.15, -0.1) is 0 Å². The fourth-order valence-electron chi connectivity index (χ4n) is 4.76. The number of hydrogen-bond acceptors (Lipinski definition) is 5. The molecular formula is C32H19N3O2. The van der Waals surface area contributed by atoms with E-state index in [1.807, 2.05) is 60.7 Å². The van der Waals surface area contributed by atoms with Crippen LogP contribution in [0.3, 0.4) is 0 Å². The molecule has 0 N–H and O–H groups in total. The molecule has 0 spiro atoms. The summed E-state index contributed by atoms with van der Waals surface area (Å²) in [7, 11) is 0. The predicted octanol–water partition coefficient (Wildman–Crippen LogP) is 7.94. The fraction of sp³-hybridized carbons (Fsp3) is 0.0312. The minimum absolute atomic E-state index is 0.0384. The third-order valence-electron chi connectivity index (χ3n) is 6.46. The molecule has 0 atom stereocenters. The molecule has 0 saturated carbocycles. The Balaban J connectivity index is 1.58. The number of aliphatic imine (C=N–C) groups is 1. The van der Waals surface area contributed by atoms with E-state index in [9.17, 15) is 10.5 Å². The number of furan rings is 1. The van der Waals surface area contributed by atoms with Gasteiger partial charge >= 0.3 is 0 Å². The monoisotopic (exact) mass is 477 g/mol. The minimum atomic E-state index is 0.0384. The molecule has 37 heavy (non-hydrogen) atoms. The Morgan fingerprint density at radius 2 is 1.59 bits per heavy atom. The molecule has 0 radical (unpaired) electrons. The molecule has 0 aliphatic carbocycles. The average Bonchev–Trinajstić information content (AvgIpc) is 3.51. The van der Waals surface area contributed by atoms with E-state index < -0.39 is 0 Å². The Morgan fingerprint density at radius 3 is 2.38 bits per heavy atom. The maximum absolute atomic E-state index is 9.48. The second kappa shape index (κ2) is 8.68. The van der Waals surface area contributed by atoms with Gasteiger partial charge in [0.2, 0.25) is 0 Å². The summed E-state index contributed by atoms with van der Waals surface area (Å²) < 4.78 is 12.4. The van der Waals surface area contributed by atoms with Gasteiger partial charge in [0.1, 0.15) is 34.4 Å². The lowest BCUT2D eigenvalue weighted by atomic mass is 9.95. The Hall–Kier alpha value is -5.39. The van der Waals surface area contributed by atoms with Crippen molar-refractivity contribution in [1.82, 2.24) is 0 Å². The van der Waals surface area contributed by atoms with Crippen LogP contribution in [0.2, 0.25) is 0 Å². The first-order valence-electron chi connectivity index (χ1n) is 11.7. The van der Waals surface area contributed by atoms with Crippen LogP contribution in [0.1, 0.15) is 12.5 Å². The summed E-state index contributed by atoms with van der Waals surface area (Å²) in [4.78, 5) is 4.38. The summed E-state index contributed by atoms with van der Waals surface area (Å²) in [6, 6.07) is 32.3. The third kappa shape index (κ3) is 3.58. The Kier molecular flexibility index (Phi) is 5.18. The number of rotatable bonds is 3. The molecule has 174 valence electrons. The standard InChI is InChI=1S/C32H19N3O2/c1-19(17-33)31-30(35-20(2)18-34)26-16-22(14-15-27(26)36-31)23-10-7-13-28-29(23)25-12-6-11-24(32(25)37-28)21-8-4-3-5-9-21/h3-16H,2H2,1H3/b31-19-,35-30?. The van der Waals surface area contributed by atoms with Gasteiger partial charge in [-0.1, -0.05) is 73.3 Å². The molecular weight excluding hydrogens is 458 g/mol. The summed E-state index contributed by atoms with van der Waals surface area (Å²) in [6.45, 7) is 5.35. The molecule has 0 fully saturated rings. The normalized spacial score (nSPS) is 14.7. The molecule has 1 aliphatic heterocycles. The zero-order chi connectivity index (χ0) is 25.5. The van der Waals surface area contributed by atoms with Crippen LogP contribution in [-0.4, -0.2) is 5.71 Å². The molecule has 5 aromatic rings. The second-order valence-corrected chi connectivity index (χ2v) is 8.73. The lowest BCUT2D eigenvalue weighted by molar-refractivity contribution is 0.465. The molecule has 2 heterocycles. The van der Waals surface area contributed by atoms with Crippen LogP contribution in [0.25, 0.3) is 44.2 Å². The highest BCUT2D eigenvalue weighted by Crippen LogP contribution is 2.42. The predicted molar refractivity (Wildman–Crippen MR) is 145 cm³/mol. The van der Waals surface area contributed by atoms with Gasteiger partial charge in [-0.3, -0.25) is 0 Å². The van der Waals surface area contributed by atoms with E-state index in [2.05, 4.69) is 48.0 Å². The molecule has 4 aromatic carbocycles. The summed E-state index contributed by atoms with van der Waals surface area (Å²) in [5.41, 5.74) is 7.23. The number of nitrogens with zero attached hydrogens (tertiary/aromatic N) is 3. The van der Waals surface area contributed by atoms with Gasteiger partial charge in [-0.2, -0.15) is 10.5 Å². The summed E-state index contributed by atoms with van der Waals surface area (Å²) in [5, 5.41) is 20.8. The van der Waals surface area contributed by atoms with Gasteiger partial charge in [0.05, 0.1) is 11.6 Å². The van der Waals surface area contributed by atoms with Crippen molar-refractivity contribution in [3.05, 3.63) is 114 Å². The first-order chi connectivity index (χ1) is 18.1. The van der Waals surface area contributed by atoms with Gasteiger partial charge in [0.15, 0.2) is 5.76 Å². The van der Waals surface area contributed by atoms with Gasteiger partial charge < -0.3 is 9.15 Å². The molecule has 1 aliphatic rings. The van der Waals surface area contributed by atoms with E-state index in [0.29, 0.717) is 28.4 Å². The number of ether oxygens (including phenoxy) is 1. The largest absolute Gasteiger partial charge is 0.455 e. The third-order valence-corrected chi connectivity index (χ3v) is 6.46. The lowest BCUT2D eigenvalue weighted by Crippen LogP contribution is -2.04. The van der Waals surface area contributed by atoms with Crippen molar-refractivity contribution in [3.8, 4) is 40.1 Å². The molecule has 5 nitrogen and oxygen atoms in total. The van der Waals surface area contributed by atoms with Gasteiger partial charge in [0.25, 0.3) is 0 Å². The van der Waals surface area contributed by atoms with Crippen LogP contribution in [0, 0.1) is 22.7 Å². The summed E-state index contributed by atoms with van der Waals surface area (Å²) in [5.74, 6) is 0.916. The van der Waals surface area contributed by atoms with Gasteiger partial charge in [0, 0.05) is 21.9 Å². The first kappa shape index (κ1) is 22.1. The molecule has 1 aromatic heterocycles. The fourth-order valence-corrected chi connectivity index (χ4v) is 4.76. The first-order valence-corrected chi connectivity index (χ1v) is 11.7. The number of fused-ring (bicyclic) bond motifs is 4. The van der Waals surface area contributed by atoms with Crippen LogP contribution in [0.5, 0.6) is 5.75 Å². The number of hydrogen-bond donors (Lipinski definition) is 0. The van der Waals surface area contributed by atoms with Crippen LogP contribution >= 0.6 is 0 Å². The maximum atomic E-state index is 9.48. The van der Waals surface area contributed by atoms with Crippen molar-refractivity contribution < 1.29 is 9.15 Å². The minimum Gasteiger partial charge on any atom is -0.455 e. The second-order valence-electron chi connectivity index (χ2n) is 8.73. The highest BCUT2D eigenvalue weighted by Gasteiger charge is 2.28. The molecule has 6 rings (SSSR count). The van der Waals surface area contributed by atoms with Crippen molar-refractivity contribution in [1.29, 1.82) is 10.5 Å². The van der Waals surface area contributed by atoms with Crippen molar-refractivity contribution in [2.24, 2.45) is 4.99 Å². The smallest absolute Gasteiger partial charge is 0.167 e. The van der Waals surface area contributed by atoms with E-state index in [4.69, 9.17) is 9.15 Å². The van der Waals surface area contributed by atoms with Crippen LogP contribution < -0.4 is 4.74 Å². The van der Waals surface area contributed by atoms with E-state index in [1.165, 1.54) is 0 Å².